The van der Waals surface area contributed by atoms with Crippen molar-refractivity contribution in [2.45, 2.75) is 11.4 Å². The van der Waals surface area contributed by atoms with E-state index in [1.54, 1.807) is 41.7 Å². The molecule has 0 saturated heterocycles. The molecule has 124 valence electrons. The highest BCUT2D eigenvalue weighted by Gasteiger charge is 2.09. The minimum absolute atomic E-state index is 0.266. The van der Waals surface area contributed by atoms with Gasteiger partial charge in [0.05, 0.1) is 17.1 Å². The molecule has 0 spiro atoms. The summed E-state index contributed by atoms with van der Waals surface area (Å²) in [6.07, 6.45) is 1.18. The second-order valence-corrected chi connectivity index (χ2v) is 8.56. The van der Waals surface area contributed by atoms with Crippen molar-refractivity contribution in [3.8, 4) is 11.3 Å². The van der Waals surface area contributed by atoms with Crippen LogP contribution in [0.4, 0.5) is 5.95 Å². The van der Waals surface area contributed by atoms with E-state index in [2.05, 4.69) is 15.3 Å². The number of halogens is 1. The van der Waals surface area contributed by atoms with Gasteiger partial charge in [-0.05, 0) is 23.6 Å². The van der Waals surface area contributed by atoms with E-state index in [0.29, 0.717) is 23.3 Å². The van der Waals surface area contributed by atoms with Gasteiger partial charge in [0.15, 0.2) is 9.84 Å². The molecule has 0 atom stereocenters. The van der Waals surface area contributed by atoms with Gasteiger partial charge in [0.2, 0.25) is 5.95 Å². The normalized spacial score (nSPS) is 11.4. The van der Waals surface area contributed by atoms with Gasteiger partial charge in [-0.1, -0.05) is 29.8 Å². The predicted molar refractivity (Wildman–Crippen MR) is 97.2 cm³/mol. The Kier molecular flexibility index (Phi) is 4.84. The molecule has 0 aliphatic heterocycles. The van der Waals surface area contributed by atoms with E-state index >= 15 is 0 Å². The molecule has 0 amide bonds. The van der Waals surface area contributed by atoms with Crippen LogP contribution >= 0.6 is 22.9 Å². The Hall–Kier alpha value is -1.96. The van der Waals surface area contributed by atoms with Crippen molar-refractivity contribution in [1.82, 2.24) is 9.97 Å². The summed E-state index contributed by atoms with van der Waals surface area (Å²) >= 11 is 7.72. The van der Waals surface area contributed by atoms with E-state index in [4.69, 9.17) is 11.6 Å². The van der Waals surface area contributed by atoms with Gasteiger partial charge in [0, 0.05) is 22.8 Å². The number of aromatic nitrogens is 2. The summed E-state index contributed by atoms with van der Waals surface area (Å²) in [7, 11) is -3.22. The predicted octanol–water partition coefficient (Wildman–Crippen LogP) is 3.87. The molecule has 0 aliphatic rings. The Labute approximate surface area is 149 Å². The van der Waals surface area contributed by atoms with Crippen LogP contribution in [0.2, 0.25) is 5.15 Å². The van der Waals surface area contributed by atoms with Crippen LogP contribution in [0.25, 0.3) is 11.3 Å². The van der Waals surface area contributed by atoms with Gasteiger partial charge < -0.3 is 5.32 Å². The molecule has 2 heterocycles. The number of hydrogen-bond donors (Lipinski definition) is 1. The summed E-state index contributed by atoms with van der Waals surface area (Å²) in [5.74, 6) is 0.429. The number of rotatable bonds is 5. The Morgan fingerprint density at radius 3 is 2.54 bits per heavy atom. The molecule has 3 rings (SSSR count). The molecule has 0 radical (unpaired) electrons. The maximum Gasteiger partial charge on any atom is 0.224 e. The van der Waals surface area contributed by atoms with Gasteiger partial charge in [-0.15, -0.1) is 11.3 Å². The average Bonchev–Trinajstić information content (AvgIpc) is 3.05. The van der Waals surface area contributed by atoms with Crippen molar-refractivity contribution < 1.29 is 8.42 Å². The molecule has 24 heavy (non-hydrogen) atoms. The van der Waals surface area contributed by atoms with Crippen LogP contribution < -0.4 is 5.32 Å². The number of thiophene rings is 1. The third-order valence-corrected chi connectivity index (χ3v) is 5.47. The highest BCUT2D eigenvalue weighted by Crippen LogP contribution is 2.23. The molecule has 1 aromatic carbocycles. The standard InChI is InChI=1S/C16H14ClN3O2S2/c1-24(21,22)13-6-4-11(5-7-13)14-9-15(17)20-16(19-14)18-10-12-3-2-8-23-12/h2-9H,10H2,1H3,(H,18,19,20). The van der Waals surface area contributed by atoms with Crippen molar-refractivity contribution in [1.29, 1.82) is 0 Å². The maximum absolute atomic E-state index is 11.5. The molecule has 0 aliphatic carbocycles. The zero-order valence-electron chi connectivity index (χ0n) is 12.7. The fraction of sp³-hybridized carbons (Fsp3) is 0.125. The molecule has 8 heteroatoms. The number of benzene rings is 1. The third kappa shape index (κ3) is 4.11. The summed E-state index contributed by atoms with van der Waals surface area (Å²) in [6, 6.07) is 12.2. The molecular formula is C16H14ClN3O2S2. The fourth-order valence-electron chi connectivity index (χ4n) is 2.10. The highest BCUT2D eigenvalue weighted by atomic mass is 35.5. The van der Waals surface area contributed by atoms with Crippen LogP contribution in [-0.2, 0) is 16.4 Å². The summed E-state index contributed by atoms with van der Waals surface area (Å²) in [4.78, 5) is 10.0. The summed E-state index contributed by atoms with van der Waals surface area (Å²) in [5, 5.41) is 5.47. The smallest absolute Gasteiger partial charge is 0.224 e. The first-order valence-electron chi connectivity index (χ1n) is 7.03. The molecular weight excluding hydrogens is 366 g/mol. The number of nitrogens with zero attached hydrogens (tertiary/aromatic N) is 2. The lowest BCUT2D eigenvalue weighted by molar-refractivity contribution is 0.602. The maximum atomic E-state index is 11.5. The first kappa shape index (κ1) is 16.9. The molecule has 3 aromatic rings. The van der Waals surface area contributed by atoms with Crippen molar-refractivity contribution >= 4 is 38.7 Å². The van der Waals surface area contributed by atoms with Gasteiger partial charge in [-0.25, -0.2) is 18.4 Å². The molecule has 0 fully saturated rings. The number of hydrogen-bond acceptors (Lipinski definition) is 6. The largest absolute Gasteiger partial charge is 0.349 e. The average molecular weight is 380 g/mol. The Bertz CT molecular complexity index is 940. The van der Waals surface area contributed by atoms with E-state index in [0.717, 1.165) is 10.4 Å². The van der Waals surface area contributed by atoms with Crippen LogP contribution in [0.3, 0.4) is 0 Å². The molecule has 0 bridgehead atoms. The first-order valence-corrected chi connectivity index (χ1v) is 10.2. The van der Waals surface area contributed by atoms with E-state index < -0.39 is 9.84 Å². The number of anilines is 1. The van der Waals surface area contributed by atoms with Gasteiger partial charge in [0.25, 0.3) is 0 Å². The zero-order chi connectivity index (χ0) is 17.2. The van der Waals surface area contributed by atoms with Crippen molar-refractivity contribution in [3.63, 3.8) is 0 Å². The Morgan fingerprint density at radius 1 is 1.17 bits per heavy atom. The monoisotopic (exact) mass is 379 g/mol. The van der Waals surface area contributed by atoms with E-state index in [1.165, 1.54) is 6.26 Å². The third-order valence-electron chi connectivity index (χ3n) is 3.27. The van der Waals surface area contributed by atoms with Crippen LogP contribution in [0.15, 0.2) is 52.7 Å². The second kappa shape index (κ2) is 6.88. The van der Waals surface area contributed by atoms with Crippen LogP contribution in [-0.4, -0.2) is 24.6 Å². The first-order chi connectivity index (χ1) is 11.4. The minimum atomic E-state index is -3.22. The minimum Gasteiger partial charge on any atom is -0.349 e. The molecule has 0 unspecified atom stereocenters. The van der Waals surface area contributed by atoms with Gasteiger partial charge in [-0.3, -0.25) is 0 Å². The number of nitrogens with one attached hydrogen (secondary N) is 1. The van der Waals surface area contributed by atoms with Crippen LogP contribution in [0.1, 0.15) is 4.88 Å². The SMILES string of the molecule is CS(=O)(=O)c1ccc(-c2cc(Cl)nc(NCc3cccs3)n2)cc1. The van der Waals surface area contributed by atoms with Crippen molar-refractivity contribution in [2.75, 3.05) is 11.6 Å². The lowest BCUT2D eigenvalue weighted by Gasteiger charge is -2.07. The van der Waals surface area contributed by atoms with Crippen molar-refractivity contribution in [2.24, 2.45) is 0 Å². The van der Waals surface area contributed by atoms with E-state index in [1.807, 2.05) is 17.5 Å². The molecule has 1 N–H and O–H groups in total. The zero-order valence-corrected chi connectivity index (χ0v) is 15.1. The quantitative estimate of drug-likeness (QED) is 0.681. The fourth-order valence-corrected chi connectivity index (χ4v) is 3.56. The number of sulfone groups is 1. The van der Waals surface area contributed by atoms with Gasteiger partial charge >= 0.3 is 0 Å². The molecule has 2 aromatic heterocycles. The summed E-state index contributed by atoms with van der Waals surface area (Å²) in [5.41, 5.74) is 1.40. The second-order valence-electron chi connectivity index (χ2n) is 5.13. The van der Waals surface area contributed by atoms with Gasteiger partial charge in [0.1, 0.15) is 5.15 Å². The van der Waals surface area contributed by atoms with Gasteiger partial charge in [-0.2, -0.15) is 0 Å². The molecule has 0 saturated carbocycles. The summed E-state index contributed by atoms with van der Waals surface area (Å²) in [6.45, 7) is 0.616. The summed E-state index contributed by atoms with van der Waals surface area (Å²) < 4.78 is 23.1. The van der Waals surface area contributed by atoms with E-state index in [-0.39, 0.29) is 4.90 Å². The van der Waals surface area contributed by atoms with E-state index in [9.17, 15) is 8.42 Å². The Morgan fingerprint density at radius 2 is 1.92 bits per heavy atom. The molecule has 5 nitrogen and oxygen atoms in total. The van der Waals surface area contributed by atoms with Crippen molar-refractivity contribution in [3.05, 3.63) is 57.9 Å². The highest BCUT2D eigenvalue weighted by molar-refractivity contribution is 7.90. The van der Waals surface area contributed by atoms with Crippen LogP contribution in [0.5, 0.6) is 0 Å². The van der Waals surface area contributed by atoms with Crippen LogP contribution in [0, 0.1) is 0 Å². The Balaban J connectivity index is 1.85. The lowest BCUT2D eigenvalue weighted by Crippen LogP contribution is -2.03. The topological polar surface area (TPSA) is 72.0 Å². The lowest BCUT2D eigenvalue weighted by atomic mass is 10.1.